The minimum Gasteiger partial charge on any atom is -0.284 e. The molecule has 1 fully saturated rings. The number of rotatable bonds is 3. The van der Waals surface area contributed by atoms with E-state index in [4.69, 9.17) is 0 Å². The smallest absolute Gasteiger partial charge is 0.235 e. The number of nitrogens with one attached hydrogen (secondary N) is 1. The van der Waals surface area contributed by atoms with Gasteiger partial charge < -0.3 is 0 Å². The van der Waals surface area contributed by atoms with Crippen molar-refractivity contribution >= 4 is 31.4 Å². The lowest BCUT2D eigenvalue weighted by Gasteiger charge is -2.17. The molecule has 0 spiro atoms. The van der Waals surface area contributed by atoms with Crippen molar-refractivity contribution in [3.05, 3.63) is 24.3 Å². The minimum atomic E-state index is -3.31. The monoisotopic (exact) mass is 290 g/mol. The van der Waals surface area contributed by atoms with Crippen molar-refractivity contribution in [2.24, 2.45) is 0 Å². The molecule has 18 heavy (non-hydrogen) atoms. The Morgan fingerprint density at radius 1 is 1.22 bits per heavy atom. The summed E-state index contributed by atoms with van der Waals surface area (Å²) in [6.07, 6.45) is 1.68. The molecule has 2 rings (SSSR count). The van der Waals surface area contributed by atoms with Crippen molar-refractivity contribution in [3.63, 3.8) is 0 Å². The molecule has 6 nitrogen and oxygen atoms in total. The van der Waals surface area contributed by atoms with Gasteiger partial charge in [-0.05, 0) is 30.7 Å². The second kappa shape index (κ2) is 4.43. The first-order valence-corrected chi connectivity index (χ1v) is 8.86. The first-order chi connectivity index (χ1) is 8.28. The predicted octanol–water partition coefficient (Wildman–Crippen LogP) is 0.598. The number of sulfonamides is 2. The maximum atomic E-state index is 11.7. The van der Waals surface area contributed by atoms with Crippen LogP contribution in [0, 0.1) is 0 Å². The summed E-state index contributed by atoms with van der Waals surface area (Å²) in [6.45, 7) is 0.473. The average molecular weight is 290 g/mol. The number of nitrogens with zero attached hydrogens (tertiary/aromatic N) is 1. The highest BCUT2D eigenvalue weighted by atomic mass is 32.2. The molecule has 0 unspecified atom stereocenters. The Morgan fingerprint density at radius 2 is 1.83 bits per heavy atom. The molecule has 8 heteroatoms. The maximum Gasteiger partial charge on any atom is 0.235 e. The molecular weight excluding hydrogens is 276 g/mol. The highest BCUT2D eigenvalue weighted by Crippen LogP contribution is 2.25. The van der Waals surface area contributed by atoms with E-state index in [1.807, 2.05) is 0 Å². The van der Waals surface area contributed by atoms with Gasteiger partial charge in [-0.2, -0.15) is 0 Å². The number of hydrogen-bond donors (Lipinski definition) is 1. The van der Waals surface area contributed by atoms with Gasteiger partial charge in [-0.1, -0.05) is 0 Å². The van der Waals surface area contributed by atoms with Gasteiger partial charge in [0.25, 0.3) is 0 Å². The van der Waals surface area contributed by atoms with Crippen LogP contribution in [0.3, 0.4) is 0 Å². The van der Waals surface area contributed by atoms with Gasteiger partial charge in [-0.25, -0.2) is 16.8 Å². The van der Waals surface area contributed by atoms with Crippen LogP contribution >= 0.6 is 0 Å². The van der Waals surface area contributed by atoms with Crippen molar-refractivity contribution in [2.45, 2.75) is 6.42 Å². The molecule has 0 atom stereocenters. The summed E-state index contributed by atoms with van der Waals surface area (Å²) in [5.41, 5.74) is 0.976. The van der Waals surface area contributed by atoms with Crippen LogP contribution in [0.15, 0.2) is 24.3 Å². The number of benzene rings is 1. The average Bonchev–Trinajstić information content (AvgIpc) is 2.57. The molecule has 1 aliphatic rings. The van der Waals surface area contributed by atoms with E-state index in [1.165, 1.54) is 4.31 Å². The maximum absolute atomic E-state index is 11.7. The van der Waals surface area contributed by atoms with Gasteiger partial charge in [0.15, 0.2) is 0 Å². The molecule has 0 bridgehead atoms. The van der Waals surface area contributed by atoms with Gasteiger partial charge in [-0.15, -0.1) is 0 Å². The summed E-state index contributed by atoms with van der Waals surface area (Å²) in [5, 5.41) is 0. The summed E-state index contributed by atoms with van der Waals surface area (Å²) < 4.78 is 49.1. The zero-order chi connectivity index (χ0) is 13.4. The summed E-state index contributed by atoms with van der Waals surface area (Å²) >= 11 is 0. The zero-order valence-corrected chi connectivity index (χ0v) is 11.5. The lowest BCUT2D eigenvalue weighted by Crippen LogP contribution is -2.24. The summed E-state index contributed by atoms with van der Waals surface area (Å²) in [5.74, 6) is 0.163. The van der Waals surface area contributed by atoms with E-state index in [1.54, 1.807) is 24.3 Å². The lowest BCUT2D eigenvalue weighted by atomic mass is 10.3. The Hall–Kier alpha value is -1.28. The van der Waals surface area contributed by atoms with E-state index in [9.17, 15) is 16.8 Å². The SMILES string of the molecule is CS(=O)(=O)Nc1ccc(N2CCCS2(=O)=O)cc1. The molecule has 0 aliphatic carbocycles. The molecule has 0 aromatic heterocycles. The van der Waals surface area contributed by atoms with Crippen LogP contribution < -0.4 is 9.03 Å². The summed E-state index contributed by atoms with van der Waals surface area (Å²) in [6, 6.07) is 6.28. The molecule has 1 N–H and O–H groups in total. The first-order valence-electron chi connectivity index (χ1n) is 5.36. The number of hydrogen-bond acceptors (Lipinski definition) is 4. The topological polar surface area (TPSA) is 83.6 Å². The van der Waals surface area contributed by atoms with E-state index in [-0.39, 0.29) is 5.75 Å². The van der Waals surface area contributed by atoms with E-state index in [0.29, 0.717) is 24.3 Å². The highest BCUT2D eigenvalue weighted by Gasteiger charge is 2.28. The molecule has 0 radical (unpaired) electrons. The van der Waals surface area contributed by atoms with Crippen LogP contribution in [0.4, 0.5) is 11.4 Å². The largest absolute Gasteiger partial charge is 0.284 e. The van der Waals surface area contributed by atoms with Gasteiger partial charge in [-0.3, -0.25) is 9.03 Å². The quantitative estimate of drug-likeness (QED) is 0.883. The third-order valence-corrected chi connectivity index (χ3v) is 5.03. The fraction of sp³-hybridized carbons (Fsp3) is 0.400. The molecular formula is C10H14N2O4S2. The van der Waals surface area contributed by atoms with Crippen molar-refractivity contribution in [1.29, 1.82) is 0 Å². The predicted molar refractivity (Wildman–Crippen MR) is 70.7 cm³/mol. The Labute approximate surface area is 107 Å². The molecule has 1 heterocycles. The van der Waals surface area contributed by atoms with E-state index in [2.05, 4.69) is 4.72 Å². The van der Waals surface area contributed by atoms with Crippen molar-refractivity contribution in [3.8, 4) is 0 Å². The van der Waals surface area contributed by atoms with Crippen LogP contribution in [0.5, 0.6) is 0 Å². The molecule has 1 aromatic rings. The summed E-state index contributed by atoms with van der Waals surface area (Å²) in [4.78, 5) is 0. The van der Waals surface area contributed by atoms with E-state index in [0.717, 1.165) is 6.26 Å². The lowest BCUT2D eigenvalue weighted by molar-refractivity contribution is 0.599. The van der Waals surface area contributed by atoms with Crippen molar-refractivity contribution in [2.75, 3.05) is 27.6 Å². The van der Waals surface area contributed by atoms with Crippen LogP contribution in [0.25, 0.3) is 0 Å². The zero-order valence-electron chi connectivity index (χ0n) is 9.83. The van der Waals surface area contributed by atoms with Gasteiger partial charge in [0.2, 0.25) is 20.0 Å². The standard InChI is InChI=1S/C10H14N2O4S2/c1-17(13,14)11-9-3-5-10(6-4-9)12-7-2-8-18(12,15)16/h3-6,11H,2,7-8H2,1H3. The third-order valence-electron chi connectivity index (χ3n) is 2.56. The van der Waals surface area contributed by atoms with E-state index < -0.39 is 20.0 Å². The molecule has 0 saturated carbocycles. The molecule has 1 saturated heterocycles. The van der Waals surface area contributed by atoms with Crippen LogP contribution in [0.2, 0.25) is 0 Å². The second-order valence-corrected chi connectivity index (χ2v) is 7.92. The van der Waals surface area contributed by atoms with Gasteiger partial charge in [0, 0.05) is 12.2 Å². The van der Waals surface area contributed by atoms with Crippen molar-refractivity contribution in [1.82, 2.24) is 0 Å². The minimum absolute atomic E-state index is 0.163. The molecule has 100 valence electrons. The highest BCUT2D eigenvalue weighted by molar-refractivity contribution is 7.93. The van der Waals surface area contributed by atoms with Gasteiger partial charge >= 0.3 is 0 Å². The molecule has 1 aromatic carbocycles. The Morgan fingerprint density at radius 3 is 2.28 bits per heavy atom. The summed E-state index contributed by atoms with van der Waals surface area (Å²) in [7, 11) is -6.51. The fourth-order valence-corrected chi connectivity index (χ4v) is 3.97. The van der Waals surface area contributed by atoms with Gasteiger partial charge in [0.1, 0.15) is 0 Å². The Kier molecular flexibility index (Phi) is 3.24. The fourth-order valence-electron chi connectivity index (χ4n) is 1.84. The normalized spacial score (nSPS) is 18.8. The van der Waals surface area contributed by atoms with Crippen LogP contribution in [-0.4, -0.2) is 35.4 Å². The second-order valence-electron chi connectivity index (χ2n) is 4.16. The molecule has 0 amide bonds. The first kappa shape index (κ1) is 13.2. The third kappa shape index (κ3) is 2.94. The van der Waals surface area contributed by atoms with Crippen LogP contribution in [-0.2, 0) is 20.0 Å². The van der Waals surface area contributed by atoms with Crippen LogP contribution in [0.1, 0.15) is 6.42 Å². The van der Waals surface area contributed by atoms with E-state index >= 15 is 0 Å². The molecule has 1 aliphatic heterocycles. The Balaban J connectivity index is 2.23. The van der Waals surface area contributed by atoms with Crippen molar-refractivity contribution < 1.29 is 16.8 Å². The van der Waals surface area contributed by atoms with Gasteiger partial charge in [0.05, 0.1) is 17.7 Å². The Bertz CT molecular complexity index is 635. The number of anilines is 2.